The maximum absolute atomic E-state index is 14.3. The Morgan fingerprint density at radius 2 is 1.76 bits per heavy atom. The van der Waals surface area contributed by atoms with Crippen molar-refractivity contribution in [3.05, 3.63) is 116 Å². The number of ether oxygens (including phenoxy) is 5. The molecule has 3 aromatic carbocycles. The van der Waals surface area contributed by atoms with Crippen molar-refractivity contribution in [1.82, 2.24) is 4.57 Å². The molecule has 0 amide bonds. The second-order valence-corrected chi connectivity index (χ2v) is 13.8. The Balaban J connectivity index is 1.64. The van der Waals surface area contributed by atoms with E-state index < -0.39 is 23.5 Å². The molecule has 0 spiro atoms. The lowest BCUT2D eigenvalue weighted by Gasteiger charge is -2.25. The molecule has 50 heavy (non-hydrogen) atoms. The Morgan fingerprint density at radius 1 is 0.980 bits per heavy atom. The number of methoxy groups -OCH3 is 1. The maximum atomic E-state index is 14.3. The Bertz CT molecular complexity index is 2180. The zero-order valence-corrected chi connectivity index (χ0v) is 31.9. The lowest BCUT2D eigenvalue weighted by atomic mass is 9.95. The molecule has 0 saturated carbocycles. The van der Waals surface area contributed by atoms with Crippen LogP contribution >= 0.6 is 62.1 Å². The highest BCUT2D eigenvalue weighted by molar-refractivity contribution is 9.10. The van der Waals surface area contributed by atoms with E-state index in [1.165, 1.54) is 11.7 Å². The molecule has 4 aromatic rings. The van der Waals surface area contributed by atoms with Crippen LogP contribution in [0.25, 0.3) is 6.08 Å². The smallest absolute Gasteiger partial charge is 0.343 e. The normalized spacial score (nSPS) is 14.2. The molecule has 2 heterocycles. The summed E-state index contributed by atoms with van der Waals surface area (Å²) in [6.45, 7) is 5.36. The summed E-state index contributed by atoms with van der Waals surface area (Å²) in [7, 11) is 1.26. The Morgan fingerprint density at radius 3 is 2.46 bits per heavy atom. The minimum absolute atomic E-state index is 0.113. The number of allylic oxidation sites excluding steroid dienone is 1. The number of fused-ring (bicyclic) bond motifs is 1. The molecular formula is C35H30BrCl3N2O8S. The van der Waals surface area contributed by atoms with Crippen LogP contribution in [-0.4, -0.2) is 43.4 Å². The first-order valence-electron chi connectivity index (χ1n) is 15.2. The van der Waals surface area contributed by atoms with Crippen LogP contribution in [-0.2, 0) is 25.7 Å². The van der Waals surface area contributed by atoms with Crippen molar-refractivity contribution in [2.75, 3.05) is 26.9 Å². The van der Waals surface area contributed by atoms with E-state index in [1.807, 2.05) is 0 Å². The summed E-state index contributed by atoms with van der Waals surface area (Å²) in [5, 5.41) is 1.35. The number of nitrogens with zero attached hydrogens (tertiary/aromatic N) is 2. The first-order valence-corrected chi connectivity index (χ1v) is 17.9. The molecule has 0 bridgehead atoms. The quantitative estimate of drug-likeness (QED) is 0.140. The van der Waals surface area contributed by atoms with Crippen molar-refractivity contribution < 1.29 is 33.3 Å². The molecule has 15 heteroatoms. The molecule has 0 unspecified atom stereocenters. The van der Waals surface area contributed by atoms with Crippen LogP contribution < -0.4 is 29.1 Å². The number of benzene rings is 3. The summed E-state index contributed by atoms with van der Waals surface area (Å²) in [5.41, 5.74) is 1.91. The van der Waals surface area contributed by atoms with Gasteiger partial charge in [-0.25, -0.2) is 14.6 Å². The number of carbonyl (C=O) groups excluding carboxylic acids is 2. The van der Waals surface area contributed by atoms with Crippen LogP contribution in [0.15, 0.2) is 74.1 Å². The van der Waals surface area contributed by atoms with Gasteiger partial charge in [0.1, 0.15) is 12.4 Å². The first-order chi connectivity index (χ1) is 23.9. The average molecular weight is 825 g/mol. The number of rotatable bonds is 12. The summed E-state index contributed by atoms with van der Waals surface area (Å²) in [6.07, 6.45) is 1.66. The third-order valence-corrected chi connectivity index (χ3v) is 9.76. The van der Waals surface area contributed by atoms with Crippen LogP contribution in [0.3, 0.4) is 0 Å². The van der Waals surface area contributed by atoms with E-state index in [9.17, 15) is 14.4 Å². The van der Waals surface area contributed by atoms with Crippen molar-refractivity contribution in [3.8, 4) is 17.2 Å². The fourth-order valence-corrected chi connectivity index (χ4v) is 7.60. The van der Waals surface area contributed by atoms with Gasteiger partial charge in [0, 0.05) is 26.2 Å². The third kappa shape index (κ3) is 8.21. The fraction of sp³-hybridized carbons (Fsp3) is 0.257. The standard InChI is InChI=1S/C35H30BrCl3N2O8S/c1-5-46-27-12-19(8-10-26(27)48-17-29(42)45-4)31-30(34(44)47-6-2)18(3)40-35-41(31)33(43)28(50-35)13-21-11-23(38)14-24(36)32(21)49-16-20-7-9-22(37)15-25(20)39/h7-15,31H,5-6,16-17H2,1-4H3/b28-13+/t31-/m1/s1. The SMILES string of the molecule is CCOC(=O)C1=C(C)N=c2s/c(=C/c3cc(Cl)cc(Br)c3OCc3ccc(Cl)cc3Cl)c(=O)n2[C@@H]1c1ccc(OCC(=O)OC)c(OCC)c1. The number of esters is 2. The van der Waals surface area contributed by atoms with Crippen molar-refractivity contribution in [3.63, 3.8) is 0 Å². The summed E-state index contributed by atoms with van der Waals surface area (Å²) in [5.74, 6) is -0.172. The van der Waals surface area contributed by atoms with Gasteiger partial charge in [0.15, 0.2) is 22.9 Å². The molecule has 0 aliphatic carbocycles. The van der Waals surface area contributed by atoms with Crippen molar-refractivity contribution in [1.29, 1.82) is 0 Å². The third-order valence-electron chi connectivity index (χ3n) is 7.38. The predicted molar refractivity (Wildman–Crippen MR) is 195 cm³/mol. The number of hydrogen-bond acceptors (Lipinski definition) is 10. The number of carbonyl (C=O) groups is 2. The Kier molecular flexibility index (Phi) is 12.3. The van der Waals surface area contributed by atoms with E-state index in [0.717, 1.165) is 11.3 Å². The molecule has 262 valence electrons. The van der Waals surface area contributed by atoms with Gasteiger partial charge < -0.3 is 23.7 Å². The molecule has 0 radical (unpaired) electrons. The summed E-state index contributed by atoms with van der Waals surface area (Å²) >= 11 is 23.6. The highest BCUT2D eigenvalue weighted by Gasteiger charge is 2.34. The predicted octanol–water partition coefficient (Wildman–Crippen LogP) is 7.05. The topological polar surface area (TPSA) is 115 Å². The maximum Gasteiger partial charge on any atom is 0.343 e. The van der Waals surface area contributed by atoms with E-state index in [2.05, 4.69) is 25.7 Å². The van der Waals surface area contributed by atoms with Gasteiger partial charge in [-0.05, 0) is 84.7 Å². The lowest BCUT2D eigenvalue weighted by Crippen LogP contribution is -2.40. The Labute approximate surface area is 314 Å². The second-order valence-electron chi connectivity index (χ2n) is 10.6. The van der Waals surface area contributed by atoms with Gasteiger partial charge >= 0.3 is 11.9 Å². The molecule has 1 aliphatic heterocycles. The highest BCUT2D eigenvalue weighted by atomic mass is 79.9. The molecule has 0 saturated heterocycles. The molecule has 1 aromatic heterocycles. The number of hydrogen-bond donors (Lipinski definition) is 0. The number of aromatic nitrogens is 1. The minimum atomic E-state index is -0.935. The van der Waals surface area contributed by atoms with Crippen molar-refractivity contribution in [2.45, 2.75) is 33.4 Å². The van der Waals surface area contributed by atoms with E-state index in [-0.39, 0.29) is 37.8 Å². The molecule has 0 fully saturated rings. The Hall–Kier alpha value is -3.81. The van der Waals surface area contributed by atoms with Gasteiger partial charge in [0.25, 0.3) is 5.56 Å². The van der Waals surface area contributed by atoms with Crippen molar-refractivity contribution >= 4 is 80.1 Å². The number of halogens is 4. The molecule has 5 rings (SSSR count). The van der Waals surface area contributed by atoms with Gasteiger partial charge in [-0.2, -0.15) is 0 Å². The minimum Gasteiger partial charge on any atom is -0.490 e. The molecule has 10 nitrogen and oxygen atoms in total. The summed E-state index contributed by atoms with van der Waals surface area (Å²) in [4.78, 5) is 44.5. The van der Waals surface area contributed by atoms with Gasteiger partial charge in [-0.1, -0.05) is 58.3 Å². The van der Waals surface area contributed by atoms with Crippen LogP contribution in [0, 0.1) is 0 Å². The van der Waals surface area contributed by atoms with Crippen LogP contribution in [0.4, 0.5) is 0 Å². The molecular weight excluding hydrogens is 795 g/mol. The lowest BCUT2D eigenvalue weighted by molar-refractivity contribution is -0.143. The van der Waals surface area contributed by atoms with E-state index in [1.54, 1.807) is 75.4 Å². The van der Waals surface area contributed by atoms with E-state index in [0.29, 0.717) is 62.8 Å². The van der Waals surface area contributed by atoms with Crippen molar-refractivity contribution in [2.24, 2.45) is 4.99 Å². The van der Waals surface area contributed by atoms with E-state index >= 15 is 0 Å². The molecule has 0 N–H and O–H groups in total. The monoisotopic (exact) mass is 822 g/mol. The second kappa shape index (κ2) is 16.5. The van der Waals surface area contributed by atoms with Gasteiger partial charge in [-0.3, -0.25) is 9.36 Å². The zero-order chi connectivity index (χ0) is 36.1. The van der Waals surface area contributed by atoms with Crippen LogP contribution in [0.5, 0.6) is 17.2 Å². The highest BCUT2D eigenvalue weighted by Crippen LogP contribution is 2.37. The molecule has 1 aliphatic rings. The fourth-order valence-electron chi connectivity index (χ4n) is 5.15. The number of thiazole rings is 1. The summed E-state index contributed by atoms with van der Waals surface area (Å²) < 4.78 is 30.1. The summed E-state index contributed by atoms with van der Waals surface area (Å²) in [6, 6.07) is 12.5. The van der Waals surface area contributed by atoms with Crippen LogP contribution in [0.2, 0.25) is 15.1 Å². The van der Waals surface area contributed by atoms with Crippen LogP contribution in [0.1, 0.15) is 43.5 Å². The van der Waals surface area contributed by atoms with Gasteiger partial charge in [0.05, 0.1) is 46.6 Å². The van der Waals surface area contributed by atoms with Gasteiger partial charge in [-0.15, -0.1) is 0 Å². The first kappa shape index (κ1) is 37.4. The molecule has 1 atom stereocenters. The average Bonchev–Trinajstić information content (AvgIpc) is 3.37. The zero-order valence-electron chi connectivity index (χ0n) is 27.2. The largest absolute Gasteiger partial charge is 0.490 e. The van der Waals surface area contributed by atoms with E-state index in [4.69, 9.17) is 53.8 Å². The van der Waals surface area contributed by atoms with Gasteiger partial charge in [0.2, 0.25) is 0 Å².